The lowest BCUT2D eigenvalue weighted by Gasteiger charge is -2.29. The fourth-order valence-corrected chi connectivity index (χ4v) is 6.04. The number of ether oxygens (including phenoxy) is 3. The Hall–Kier alpha value is -4.51. The molecule has 4 aromatic rings. The average molecular weight is 602 g/mol. The van der Waals surface area contributed by atoms with Gasteiger partial charge < -0.3 is 24.4 Å². The van der Waals surface area contributed by atoms with Crippen LogP contribution in [0, 0.1) is 13.8 Å². The molecule has 0 atom stereocenters. The van der Waals surface area contributed by atoms with E-state index in [4.69, 9.17) is 14.2 Å². The number of carbonyl (C=O) groups excluding carboxylic acids is 2. The first-order chi connectivity index (χ1) is 20.9. The van der Waals surface area contributed by atoms with Crippen molar-refractivity contribution in [1.82, 2.24) is 20.1 Å². The second-order valence-electron chi connectivity index (χ2n) is 10.1. The van der Waals surface area contributed by atoms with Crippen LogP contribution < -0.4 is 24.4 Å². The van der Waals surface area contributed by atoms with E-state index in [-0.39, 0.29) is 24.1 Å². The van der Waals surface area contributed by atoms with E-state index in [2.05, 4.69) is 21.6 Å². The van der Waals surface area contributed by atoms with Crippen LogP contribution in [0.3, 0.4) is 0 Å². The molecule has 1 N–H and O–H groups in total. The van der Waals surface area contributed by atoms with Crippen LogP contribution in [-0.4, -0.2) is 60.2 Å². The first-order valence-corrected chi connectivity index (χ1v) is 14.9. The minimum Gasteiger partial charge on any atom is -0.493 e. The summed E-state index contributed by atoms with van der Waals surface area (Å²) in [4.78, 5) is 28.5. The number of anilines is 1. The van der Waals surface area contributed by atoms with E-state index < -0.39 is 0 Å². The molecule has 0 unspecified atom stereocenters. The van der Waals surface area contributed by atoms with Gasteiger partial charge in [-0.3, -0.25) is 14.2 Å². The first-order valence-electron chi connectivity index (χ1n) is 14.0. The van der Waals surface area contributed by atoms with E-state index in [1.54, 1.807) is 12.1 Å². The molecular formula is C32H35N5O5S. The molecule has 2 heterocycles. The van der Waals surface area contributed by atoms with Crippen molar-refractivity contribution in [2.75, 3.05) is 38.5 Å². The number of nitrogens with one attached hydrogen (secondary N) is 1. The number of nitrogens with zero attached hydrogens (tertiary/aromatic N) is 4. The monoisotopic (exact) mass is 601 g/mol. The Labute approximate surface area is 255 Å². The maximum Gasteiger partial charge on any atom is 0.251 e. The fraction of sp³-hybridized carbons (Fsp3) is 0.312. The summed E-state index contributed by atoms with van der Waals surface area (Å²) in [5.74, 6) is 1.58. The van der Waals surface area contributed by atoms with Gasteiger partial charge in [-0.15, -0.1) is 10.2 Å². The summed E-state index contributed by atoms with van der Waals surface area (Å²) in [7, 11) is 4.51. The number of hydrogen-bond donors (Lipinski definition) is 1. The summed E-state index contributed by atoms with van der Waals surface area (Å²) >= 11 is 1.34. The van der Waals surface area contributed by atoms with Gasteiger partial charge >= 0.3 is 0 Å². The summed E-state index contributed by atoms with van der Waals surface area (Å²) in [6.45, 7) is 4.87. The molecule has 0 saturated heterocycles. The van der Waals surface area contributed by atoms with Gasteiger partial charge in [0.15, 0.2) is 22.5 Å². The Morgan fingerprint density at radius 1 is 0.930 bits per heavy atom. The molecule has 1 aromatic heterocycles. The van der Waals surface area contributed by atoms with Crippen LogP contribution in [0.2, 0.25) is 0 Å². The van der Waals surface area contributed by atoms with Gasteiger partial charge in [0.25, 0.3) is 5.91 Å². The summed E-state index contributed by atoms with van der Waals surface area (Å²) in [5.41, 5.74) is 5.56. The van der Waals surface area contributed by atoms with Crippen molar-refractivity contribution < 1.29 is 23.8 Å². The number of fused-ring (bicyclic) bond motifs is 1. The predicted octanol–water partition coefficient (Wildman–Crippen LogP) is 4.91. The van der Waals surface area contributed by atoms with E-state index >= 15 is 0 Å². The molecule has 0 aliphatic carbocycles. The van der Waals surface area contributed by atoms with Gasteiger partial charge in [0.1, 0.15) is 0 Å². The van der Waals surface area contributed by atoms with Gasteiger partial charge in [0.2, 0.25) is 11.7 Å². The molecule has 0 fully saturated rings. The van der Waals surface area contributed by atoms with E-state index in [9.17, 15) is 9.59 Å². The second-order valence-corrected chi connectivity index (χ2v) is 11.1. The number of carbonyl (C=O) groups is 2. The van der Waals surface area contributed by atoms with Gasteiger partial charge in [-0.2, -0.15) is 0 Å². The van der Waals surface area contributed by atoms with Gasteiger partial charge in [-0.25, -0.2) is 0 Å². The molecule has 11 heteroatoms. The van der Waals surface area contributed by atoms with Crippen molar-refractivity contribution in [3.05, 3.63) is 82.7 Å². The van der Waals surface area contributed by atoms with Gasteiger partial charge in [-0.1, -0.05) is 42.1 Å². The topological polar surface area (TPSA) is 108 Å². The molecule has 43 heavy (non-hydrogen) atoms. The van der Waals surface area contributed by atoms with Gasteiger partial charge in [-0.05, 0) is 67.6 Å². The highest BCUT2D eigenvalue weighted by Crippen LogP contribution is 2.38. The summed E-state index contributed by atoms with van der Waals surface area (Å²) in [6, 6.07) is 17.3. The van der Waals surface area contributed by atoms with Crippen molar-refractivity contribution >= 4 is 29.3 Å². The third-order valence-corrected chi connectivity index (χ3v) is 8.50. The molecule has 0 saturated carbocycles. The fourth-order valence-electron chi connectivity index (χ4n) is 5.20. The highest BCUT2D eigenvalue weighted by molar-refractivity contribution is 7.99. The molecule has 1 aliphatic rings. The normalized spacial score (nSPS) is 12.4. The van der Waals surface area contributed by atoms with Gasteiger partial charge in [0, 0.05) is 17.8 Å². The lowest BCUT2D eigenvalue weighted by Crippen LogP contribution is -2.36. The predicted molar refractivity (Wildman–Crippen MR) is 166 cm³/mol. The molecule has 224 valence electrons. The van der Waals surface area contributed by atoms with Crippen LogP contribution in [0.4, 0.5) is 5.69 Å². The SMILES string of the molecule is COc1cc(C(=O)NCc2nnc(SCC(=O)N3CCCc4ccccc43)n2-c2cccc(C)c2C)cc(OC)c1OC. The number of aromatic nitrogens is 3. The Morgan fingerprint density at radius 3 is 2.37 bits per heavy atom. The summed E-state index contributed by atoms with van der Waals surface area (Å²) in [6.07, 6.45) is 1.90. The first kappa shape index (κ1) is 30.0. The Balaban J connectivity index is 1.39. The Morgan fingerprint density at radius 2 is 1.65 bits per heavy atom. The van der Waals surface area contributed by atoms with Crippen LogP contribution in [0.25, 0.3) is 5.69 Å². The van der Waals surface area contributed by atoms with Crippen LogP contribution in [0.5, 0.6) is 17.2 Å². The number of amides is 2. The molecule has 0 spiro atoms. The van der Waals surface area contributed by atoms with Crippen LogP contribution >= 0.6 is 11.8 Å². The van der Waals surface area contributed by atoms with Crippen LogP contribution in [0.1, 0.15) is 39.3 Å². The Bertz CT molecular complexity index is 1630. The zero-order valence-electron chi connectivity index (χ0n) is 25.0. The zero-order valence-corrected chi connectivity index (χ0v) is 25.8. The van der Waals surface area contributed by atoms with Crippen molar-refractivity contribution in [3.63, 3.8) is 0 Å². The van der Waals surface area contributed by atoms with Crippen molar-refractivity contribution in [2.24, 2.45) is 0 Å². The third-order valence-electron chi connectivity index (χ3n) is 7.59. The zero-order chi connectivity index (χ0) is 30.5. The molecule has 0 bridgehead atoms. The number of benzene rings is 3. The lowest BCUT2D eigenvalue weighted by molar-refractivity contribution is -0.116. The highest BCUT2D eigenvalue weighted by Gasteiger charge is 2.25. The van der Waals surface area contributed by atoms with Crippen molar-refractivity contribution in [3.8, 4) is 22.9 Å². The van der Waals surface area contributed by atoms with Crippen LogP contribution in [-0.2, 0) is 17.8 Å². The Kier molecular flexibility index (Phi) is 9.20. The number of hydrogen-bond acceptors (Lipinski definition) is 8. The quantitative estimate of drug-likeness (QED) is 0.256. The number of thioether (sulfide) groups is 1. The minimum absolute atomic E-state index is 0.0184. The number of methoxy groups -OCH3 is 3. The molecule has 3 aromatic carbocycles. The van der Waals surface area contributed by atoms with E-state index in [0.29, 0.717) is 40.3 Å². The van der Waals surface area contributed by atoms with E-state index in [0.717, 1.165) is 35.3 Å². The molecule has 1 aliphatic heterocycles. The third kappa shape index (κ3) is 6.17. The lowest BCUT2D eigenvalue weighted by atomic mass is 10.0. The standard InChI is InChI=1S/C32H35N5O5S/c1-20-10-8-14-24(21(20)2)37-28(18-33-31(39)23-16-26(40-3)30(42-5)27(17-23)41-4)34-35-32(37)43-19-29(38)36-15-9-12-22-11-6-7-13-25(22)36/h6-8,10-11,13-14,16-17H,9,12,15,18-19H2,1-5H3,(H,33,39). The van der Waals surface area contributed by atoms with Gasteiger partial charge in [0.05, 0.1) is 39.3 Å². The molecule has 10 nitrogen and oxygen atoms in total. The number of aryl methyl sites for hydroxylation is 2. The summed E-state index contributed by atoms with van der Waals surface area (Å²) in [5, 5.41) is 12.4. The maximum atomic E-state index is 13.4. The average Bonchev–Trinajstić information content (AvgIpc) is 3.44. The molecule has 0 radical (unpaired) electrons. The van der Waals surface area contributed by atoms with Crippen LogP contribution in [0.15, 0.2) is 59.8 Å². The smallest absolute Gasteiger partial charge is 0.251 e. The molecular weight excluding hydrogens is 566 g/mol. The van der Waals surface area contributed by atoms with E-state index in [1.807, 2.05) is 59.7 Å². The molecule has 5 rings (SSSR count). The van der Waals surface area contributed by atoms with Crippen molar-refractivity contribution in [2.45, 2.75) is 38.4 Å². The minimum atomic E-state index is -0.345. The summed E-state index contributed by atoms with van der Waals surface area (Å²) < 4.78 is 18.1. The highest BCUT2D eigenvalue weighted by atomic mass is 32.2. The second kappa shape index (κ2) is 13.2. The number of rotatable bonds is 10. The van der Waals surface area contributed by atoms with Crippen molar-refractivity contribution in [1.29, 1.82) is 0 Å². The van der Waals surface area contributed by atoms with E-state index in [1.165, 1.54) is 38.7 Å². The largest absolute Gasteiger partial charge is 0.493 e. The number of para-hydroxylation sites is 1. The molecule has 2 amide bonds. The maximum absolute atomic E-state index is 13.4.